The summed E-state index contributed by atoms with van der Waals surface area (Å²) in [4.78, 5) is 16.7. The van der Waals surface area contributed by atoms with Crippen LogP contribution in [0.4, 0.5) is 0 Å². The van der Waals surface area contributed by atoms with Crippen LogP contribution in [0.3, 0.4) is 0 Å². The van der Waals surface area contributed by atoms with Crippen molar-refractivity contribution >= 4 is 5.97 Å². The largest absolute Gasteiger partial charge is 0.497 e. The molecule has 3 aromatic rings. The number of esters is 1. The smallest absolute Gasteiger partial charge is 0.340 e. The molecule has 0 N–H and O–H groups in total. The van der Waals surface area contributed by atoms with Gasteiger partial charge in [0.15, 0.2) is 0 Å². The molecule has 2 aromatic heterocycles. The molecule has 1 aromatic carbocycles. The van der Waals surface area contributed by atoms with Gasteiger partial charge in [0, 0.05) is 23.5 Å². The maximum absolute atomic E-state index is 12.4. The second kappa shape index (κ2) is 7.47. The number of benzene rings is 1. The zero-order chi connectivity index (χ0) is 18.7. The minimum atomic E-state index is -0.355. The zero-order valence-corrected chi connectivity index (χ0v) is 15.4. The van der Waals surface area contributed by atoms with Gasteiger partial charge >= 0.3 is 5.97 Å². The van der Waals surface area contributed by atoms with Gasteiger partial charge in [-0.05, 0) is 51.1 Å². The van der Waals surface area contributed by atoms with E-state index in [2.05, 4.69) is 9.55 Å². The van der Waals surface area contributed by atoms with Gasteiger partial charge in [-0.15, -0.1) is 0 Å². The number of methoxy groups -OCH3 is 1. The predicted octanol–water partition coefficient (Wildman–Crippen LogP) is 4.15. The molecule has 0 saturated carbocycles. The first-order valence-electron chi connectivity index (χ1n) is 8.46. The number of aromatic nitrogens is 2. The highest BCUT2D eigenvalue weighted by atomic mass is 16.5. The molecule has 0 aliphatic rings. The number of carbonyl (C=O) groups is 1. The predicted molar refractivity (Wildman–Crippen MR) is 97.2 cm³/mol. The van der Waals surface area contributed by atoms with Crippen molar-refractivity contribution in [2.24, 2.45) is 0 Å². The van der Waals surface area contributed by atoms with Crippen LogP contribution in [0.5, 0.6) is 5.75 Å². The Morgan fingerprint density at radius 2 is 1.96 bits per heavy atom. The first-order valence-corrected chi connectivity index (χ1v) is 8.46. The van der Waals surface area contributed by atoms with Crippen molar-refractivity contribution in [1.29, 1.82) is 0 Å². The quantitative estimate of drug-likeness (QED) is 0.622. The van der Waals surface area contributed by atoms with Crippen LogP contribution in [0.15, 0.2) is 41.0 Å². The molecule has 0 spiro atoms. The Hall–Kier alpha value is -3.02. The summed E-state index contributed by atoms with van der Waals surface area (Å²) < 4.78 is 18.1. The third-order valence-electron chi connectivity index (χ3n) is 4.35. The summed E-state index contributed by atoms with van der Waals surface area (Å²) in [6.45, 7) is 6.83. The summed E-state index contributed by atoms with van der Waals surface area (Å²) in [5.74, 6) is 0.883. The molecule has 136 valence electrons. The highest BCUT2D eigenvalue weighted by Gasteiger charge is 2.17. The fourth-order valence-electron chi connectivity index (χ4n) is 2.95. The zero-order valence-electron chi connectivity index (χ0n) is 15.4. The Morgan fingerprint density at radius 3 is 2.58 bits per heavy atom. The molecular weight excluding hydrogens is 332 g/mol. The first-order chi connectivity index (χ1) is 12.5. The number of rotatable bonds is 6. The normalized spacial score (nSPS) is 10.8. The molecule has 0 unspecified atom stereocenters. The maximum Gasteiger partial charge on any atom is 0.340 e. The van der Waals surface area contributed by atoms with E-state index in [-0.39, 0.29) is 12.6 Å². The van der Waals surface area contributed by atoms with Crippen molar-refractivity contribution in [2.75, 3.05) is 7.11 Å². The third kappa shape index (κ3) is 3.49. The minimum Gasteiger partial charge on any atom is -0.497 e. The van der Waals surface area contributed by atoms with E-state index in [9.17, 15) is 4.79 Å². The minimum absolute atomic E-state index is 0.0638. The Labute approximate surface area is 152 Å². The number of ether oxygens (including phenoxy) is 2. The summed E-state index contributed by atoms with van der Waals surface area (Å²) in [6, 6.07) is 9.25. The van der Waals surface area contributed by atoms with Crippen LogP contribution in [0, 0.1) is 13.8 Å². The van der Waals surface area contributed by atoms with Gasteiger partial charge in [0.2, 0.25) is 5.89 Å². The van der Waals surface area contributed by atoms with Crippen molar-refractivity contribution in [1.82, 2.24) is 9.55 Å². The lowest BCUT2D eigenvalue weighted by molar-refractivity contribution is 0.0467. The molecular formula is C20H22N2O4. The third-order valence-corrected chi connectivity index (χ3v) is 4.35. The molecule has 0 saturated heterocycles. The molecule has 0 radical (unpaired) electrons. The van der Waals surface area contributed by atoms with Gasteiger partial charge < -0.3 is 18.5 Å². The topological polar surface area (TPSA) is 66.5 Å². The summed E-state index contributed by atoms with van der Waals surface area (Å²) in [6.07, 6.45) is 1.50. The Balaban J connectivity index is 1.67. The van der Waals surface area contributed by atoms with Crippen LogP contribution in [0.25, 0.3) is 11.5 Å². The fraction of sp³-hybridized carbons (Fsp3) is 0.300. The summed E-state index contributed by atoms with van der Waals surface area (Å²) in [7, 11) is 1.62. The van der Waals surface area contributed by atoms with Crippen molar-refractivity contribution in [2.45, 2.75) is 33.9 Å². The number of nitrogens with zero attached hydrogens (tertiary/aromatic N) is 2. The molecule has 26 heavy (non-hydrogen) atoms. The van der Waals surface area contributed by atoms with Crippen molar-refractivity contribution in [3.05, 3.63) is 59.2 Å². The average molecular weight is 354 g/mol. The number of oxazole rings is 1. The number of hydrogen-bond acceptors (Lipinski definition) is 5. The highest BCUT2D eigenvalue weighted by Crippen LogP contribution is 2.22. The summed E-state index contributed by atoms with van der Waals surface area (Å²) in [5, 5.41) is 0. The lowest BCUT2D eigenvalue weighted by Gasteiger charge is -2.06. The molecule has 2 heterocycles. The fourth-order valence-corrected chi connectivity index (χ4v) is 2.95. The van der Waals surface area contributed by atoms with Gasteiger partial charge in [0.05, 0.1) is 12.7 Å². The van der Waals surface area contributed by atoms with Gasteiger partial charge in [-0.25, -0.2) is 9.78 Å². The highest BCUT2D eigenvalue weighted by molar-refractivity contribution is 5.91. The second-order valence-corrected chi connectivity index (χ2v) is 5.98. The van der Waals surface area contributed by atoms with Crippen molar-refractivity contribution in [3.8, 4) is 17.2 Å². The van der Waals surface area contributed by atoms with E-state index in [0.717, 1.165) is 29.2 Å². The summed E-state index contributed by atoms with van der Waals surface area (Å²) >= 11 is 0. The van der Waals surface area contributed by atoms with Gasteiger partial charge in [-0.3, -0.25) is 0 Å². The van der Waals surface area contributed by atoms with Crippen LogP contribution in [0.2, 0.25) is 0 Å². The molecule has 6 nitrogen and oxygen atoms in total. The number of carbonyl (C=O) groups excluding carboxylic acids is 1. The molecule has 0 fully saturated rings. The van der Waals surface area contributed by atoms with Crippen molar-refractivity contribution < 1.29 is 18.7 Å². The first kappa shape index (κ1) is 17.8. The van der Waals surface area contributed by atoms with E-state index in [1.54, 1.807) is 7.11 Å². The number of aryl methyl sites for hydroxylation is 1. The molecule has 0 atom stereocenters. The van der Waals surface area contributed by atoms with Crippen LogP contribution < -0.4 is 4.74 Å². The van der Waals surface area contributed by atoms with Crippen molar-refractivity contribution in [3.63, 3.8) is 0 Å². The Kier molecular flexibility index (Phi) is 5.11. The van der Waals surface area contributed by atoms with Gasteiger partial charge in [0.25, 0.3) is 0 Å². The lowest BCUT2D eigenvalue weighted by atomic mass is 10.2. The SMILES string of the molecule is CCn1c(C)cc(C(=O)OCc2coc(-c3ccc(OC)cc3)n2)c1C. The molecule has 0 aliphatic heterocycles. The number of hydrogen-bond donors (Lipinski definition) is 0. The van der Waals surface area contributed by atoms with Crippen LogP contribution in [0.1, 0.15) is 34.4 Å². The van der Waals surface area contributed by atoms with E-state index in [4.69, 9.17) is 13.9 Å². The van der Waals surface area contributed by atoms with Crippen LogP contribution >= 0.6 is 0 Å². The lowest BCUT2D eigenvalue weighted by Crippen LogP contribution is -2.07. The standard InChI is InChI=1S/C20H22N2O4/c1-5-22-13(2)10-18(14(22)3)20(23)26-12-16-11-25-19(21-16)15-6-8-17(24-4)9-7-15/h6-11H,5,12H2,1-4H3. The van der Waals surface area contributed by atoms with Crippen LogP contribution in [-0.4, -0.2) is 22.6 Å². The van der Waals surface area contributed by atoms with E-state index in [1.165, 1.54) is 6.26 Å². The Morgan fingerprint density at radius 1 is 1.23 bits per heavy atom. The second-order valence-electron chi connectivity index (χ2n) is 5.98. The molecule has 0 bridgehead atoms. The monoisotopic (exact) mass is 354 g/mol. The van der Waals surface area contributed by atoms with Gasteiger partial charge in [-0.2, -0.15) is 0 Å². The average Bonchev–Trinajstić information content (AvgIpc) is 3.24. The maximum atomic E-state index is 12.4. The van der Waals surface area contributed by atoms with E-state index >= 15 is 0 Å². The summed E-state index contributed by atoms with van der Waals surface area (Å²) in [5.41, 5.74) is 3.93. The molecule has 0 amide bonds. The van der Waals surface area contributed by atoms with Crippen LogP contribution in [-0.2, 0) is 17.9 Å². The van der Waals surface area contributed by atoms with E-state index in [1.807, 2.05) is 51.1 Å². The molecule has 0 aliphatic carbocycles. The Bertz CT molecular complexity index is 907. The van der Waals surface area contributed by atoms with E-state index < -0.39 is 0 Å². The molecule has 6 heteroatoms. The molecule has 3 rings (SSSR count). The van der Waals surface area contributed by atoms with Gasteiger partial charge in [0.1, 0.15) is 24.3 Å². The van der Waals surface area contributed by atoms with Gasteiger partial charge in [-0.1, -0.05) is 0 Å². The van der Waals surface area contributed by atoms with E-state index in [0.29, 0.717) is 17.1 Å².